The Morgan fingerprint density at radius 3 is 1.66 bits per heavy atom. The van der Waals surface area contributed by atoms with Crippen molar-refractivity contribution in [2.24, 2.45) is 0 Å². The molecule has 236 valence electrons. The molecule has 0 aliphatic carbocycles. The van der Waals surface area contributed by atoms with Crippen molar-refractivity contribution in [3.05, 3.63) is 64.2 Å². The summed E-state index contributed by atoms with van der Waals surface area (Å²) in [6.45, 7) is 1.42. The fourth-order valence-corrected chi connectivity index (χ4v) is 4.26. The summed E-state index contributed by atoms with van der Waals surface area (Å²) in [7, 11) is 0.909. The van der Waals surface area contributed by atoms with Gasteiger partial charge in [-0.05, 0) is 45.0 Å². The molecule has 0 aliphatic heterocycles. The number of halogens is 6. The third kappa shape index (κ3) is 5.77. The summed E-state index contributed by atoms with van der Waals surface area (Å²) < 4.78 is 97.8. The molecule has 0 fully saturated rings. The van der Waals surface area contributed by atoms with E-state index in [0.29, 0.717) is 38.1 Å². The average molecular weight is 632 g/mol. The molecule has 44 heavy (non-hydrogen) atoms. The van der Waals surface area contributed by atoms with Crippen molar-refractivity contribution >= 4 is 35.0 Å². The lowest BCUT2D eigenvalue weighted by atomic mass is 9.88. The van der Waals surface area contributed by atoms with Gasteiger partial charge in [-0.3, -0.25) is 9.59 Å². The normalized spacial score (nSPS) is 14.7. The Hall–Kier alpha value is -4.70. The van der Waals surface area contributed by atoms with Crippen LogP contribution in [0.5, 0.6) is 17.2 Å². The van der Waals surface area contributed by atoms with Crippen LogP contribution in [0.15, 0.2) is 36.4 Å². The van der Waals surface area contributed by atoms with Crippen LogP contribution in [-0.4, -0.2) is 59.0 Å². The zero-order chi connectivity index (χ0) is 33.6. The Bertz CT molecular complexity index is 1670. The highest BCUT2D eigenvalue weighted by molar-refractivity contribution is 6.08. The van der Waals surface area contributed by atoms with E-state index in [1.165, 1.54) is 0 Å². The number of ketones is 1. The van der Waals surface area contributed by atoms with Crippen LogP contribution in [-0.2, 0) is 16.0 Å². The van der Waals surface area contributed by atoms with Gasteiger partial charge in [-0.15, -0.1) is 0 Å². The number of hydrogen-bond donors (Lipinski definition) is 3. The fraction of sp³-hybridized carbons (Fsp3) is 0.286. The van der Waals surface area contributed by atoms with E-state index in [0.717, 1.165) is 26.2 Å². The number of carboxylic acid groups (broad SMARTS) is 1. The maximum Gasteiger partial charge on any atom is 0.421 e. The highest BCUT2D eigenvalue weighted by atomic mass is 19.4. The van der Waals surface area contributed by atoms with Gasteiger partial charge in [0.1, 0.15) is 22.8 Å². The number of ether oxygens (including phenoxy) is 3. The van der Waals surface area contributed by atoms with E-state index < -0.39 is 97.1 Å². The van der Waals surface area contributed by atoms with Crippen molar-refractivity contribution in [2.45, 2.75) is 44.3 Å². The zero-order valence-electron chi connectivity index (χ0n) is 23.0. The number of carbonyl (C=O) groups is 4. The molecule has 3 aromatic carbocycles. The Balaban J connectivity index is 2.41. The molecule has 0 heterocycles. The van der Waals surface area contributed by atoms with E-state index in [-0.39, 0.29) is 6.47 Å². The molecule has 0 radical (unpaired) electrons. The molecule has 16 heteroatoms. The largest absolute Gasteiger partial charge is 0.496 e. The van der Waals surface area contributed by atoms with Crippen LogP contribution in [0.25, 0.3) is 10.8 Å². The van der Waals surface area contributed by atoms with E-state index in [2.05, 4.69) is 4.74 Å². The molecule has 0 spiro atoms. The Kier molecular flexibility index (Phi) is 8.77. The summed E-state index contributed by atoms with van der Waals surface area (Å²) in [6.07, 6.45) is -10.6. The number of Topliss-reactive ketones (excluding diaryl/α,β-unsaturated/α-hetero) is 1. The first kappa shape index (κ1) is 33.8. The lowest BCUT2D eigenvalue weighted by Crippen LogP contribution is -2.40. The molecule has 3 aromatic rings. The number of carboxylic acids is 1. The number of esters is 1. The van der Waals surface area contributed by atoms with Crippen LogP contribution >= 0.6 is 0 Å². The fourth-order valence-electron chi connectivity index (χ4n) is 4.26. The number of aromatic carboxylic acids is 1. The number of alkyl halides is 6. The summed E-state index contributed by atoms with van der Waals surface area (Å²) in [6, 6.07) is 4.16. The van der Waals surface area contributed by atoms with Crippen molar-refractivity contribution in [2.75, 3.05) is 7.11 Å². The van der Waals surface area contributed by atoms with Crippen LogP contribution in [0, 0.1) is 0 Å². The van der Waals surface area contributed by atoms with Gasteiger partial charge in [-0.25, -0.2) is 9.59 Å². The smallest absolute Gasteiger partial charge is 0.421 e. The predicted molar refractivity (Wildman–Crippen MR) is 137 cm³/mol. The van der Waals surface area contributed by atoms with Crippen molar-refractivity contribution < 1.29 is 75.1 Å². The number of carbonyl (C=O) groups excluding carboxylic acids is 3. The van der Waals surface area contributed by atoms with E-state index in [1.54, 1.807) is 0 Å². The summed E-state index contributed by atoms with van der Waals surface area (Å²) >= 11 is 0. The number of aliphatic hydroxyl groups is 2. The minimum atomic E-state index is -5.40. The quantitative estimate of drug-likeness (QED) is 0.0960. The number of rotatable bonds is 9. The maximum atomic E-state index is 14.0. The Labute approximate surface area is 243 Å². The second kappa shape index (κ2) is 11.4. The van der Waals surface area contributed by atoms with Gasteiger partial charge < -0.3 is 29.5 Å². The van der Waals surface area contributed by atoms with Crippen molar-refractivity contribution in [1.82, 2.24) is 0 Å². The van der Waals surface area contributed by atoms with Gasteiger partial charge in [-0.2, -0.15) is 26.3 Å². The van der Waals surface area contributed by atoms with Gasteiger partial charge in [0.2, 0.25) is 0 Å². The van der Waals surface area contributed by atoms with E-state index in [4.69, 9.17) is 9.47 Å². The van der Waals surface area contributed by atoms with Crippen LogP contribution in [0.2, 0.25) is 0 Å². The van der Waals surface area contributed by atoms with E-state index in [1.807, 2.05) is 0 Å². The zero-order valence-corrected chi connectivity index (χ0v) is 23.0. The first-order chi connectivity index (χ1) is 20.1. The van der Waals surface area contributed by atoms with E-state index in [9.17, 15) is 60.8 Å². The van der Waals surface area contributed by atoms with Gasteiger partial charge in [0, 0.05) is 27.5 Å². The summed E-state index contributed by atoms with van der Waals surface area (Å²) in [5, 5.41) is 29.3. The Morgan fingerprint density at radius 1 is 0.773 bits per heavy atom. The van der Waals surface area contributed by atoms with Gasteiger partial charge in [-0.1, -0.05) is 12.1 Å². The molecular weight excluding hydrogens is 610 g/mol. The monoisotopic (exact) mass is 632 g/mol. The van der Waals surface area contributed by atoms with Crippen LogP contribution in [0.1, 0.15) is 63.0 Å². The molecule has 2 unspecified atom stereocenters. The number of methoxy groups -OCH3 is 1. The van der Waals surface area contributed by atoms with E-state index >= 15 is 0 Å². The molecule has 10 nitrogen and oxygen atoms in total. The lowest BCUT2D eigenvalue weighted by Gasteiger charge is -2.31. The SMILES string of the molecule is COc1c(C(C)(O)C(F)(F)F)ccc2c(OC(=O)c3cc(C(C)=O)c(C(=O)O)cc3OC=O)c(C(C)(O)C(F)(F)F)ccc12. The number of hydrogen-bond acceptors (Lipinski definition) is 9. The van der Waals surface area contributed by atoms with Gasteiger partial charge >= 0.3 is 24.3 Å². The minimum Gasteiger partial charge on any atom is -0.496 e. The molecule has 3 rings (SSSR count). The standard InChI is InChI=1S/C28H22F6O10/c1-12(36)15-9-17(20(43-11-35)10-16(15)23(37)38)24(39)44-22-14-6-7-18(25(2,40)27(29,30)31)21(42-4)13(14)5-8-19(22)26(3,41)28(32,33)34/h5-11,40-41H,1-4H3,(H,37,38). The van der Waals surface area contributed by atoms with Crippen LogP contribution in [0.4, 0.5) is 26.3 Å². The molecular formula is C28H22F6O10. The van der Waals surface area contributed by atoms with Crippen LogP contribution < -0.4 is 14.2 Å². The molecule has 0 aliphatic rings. The second-order valence-corrected chi connectivity index (χ2v) is 9.68. The molecule has 0 saturated carbocycles. The molecule has 2 atom stereocenters. The lowest BCUT2D eigenvalue weighted by molar-refractivity contribution is -0.259. The summed E-state index contributed by atoms with van der Waals surface area (Å²) in [5.74, 6) is -6.67. The summed E-state index contributed by atoms with van der Waals surface area (Å²) in [4.78, 5) is 48.2. The number of fused-ring (bicyclic) bond motifs is 1. The van der Waals surface area contributed by atoms with Crippen LogP contribution in [0.3, 0.4) is 0 Å². The highest BCUT2D eigenvalue weighted by Gasteiger charge is 2.54. The second-order valence-electron chi connectivity index (χ2n) is 9.68. The Morgan fingerprint density at radius 2 is 1.25 bits per heavy atom. The minimum absolute atomic E-state index is 0.220. The van der Waals surface area contributed by atoms with Crippen molar-refractivity contribution in [3.63, 3.8) is 0 Å². The molecule has 3 N–H and O–H groups in total. The molecule has 0 saturated heterocycles. The third-order valence-electron chi connectivity index (χ3n) is 6.78. The highest BCUT2D eigenvalue weighted by Crippen LogP contribution is 2.50. The van der Waals surface area contributed by atoms with Gasteiger partial charge in [0.25, 0.3) is 6.47 Å². The molecule has 0 aromatic heterocycles. The third-order valence-corrected chi connectivity index (χ3v) is 6.78. The maximum absolute atomic E-state index is 14.0. The van der Waals surface area contributed by atoms with Gasteiger partial charge in [0.15, 0.2) is 17.0 Å². The summed E-state index contributed by atoms with van der Waals surface area (Å²) in [5.41, 5.74) is -11.3. The topological polar surface area (TPSA) is 157 Å². The average Bonchev–Trinajstić information content (AvgIpc) is 2.90. The molecule has 0 bridgehead atoms. The predicted octanol–water partition coefficient (Wildman–Crippen LogP) is 5.04. The molecule has 0 amide bonds. The van der Waals surface area contributed by atoms with Gasteiger partial charge in [0.05, 0.1) is 12.7 Å². The first-order valence-corrected chi connectivity index (χ1v) is 12.1. The first-order valence-electron chi connectivity index (χ1n) is 12.1. The number of benzene rings is 3. The van der Waals surface area contributed by atoms with Crippen molar-refractivity contribution in [3.8, 4) is 17.2 Å². The van der Waals surface area contributed by atoms with Crippen molar-refractivity contribution in [1.29, 1.82) is 0 Å².